The van der Waals surface area contributed by atoms with Gasteiger partial charge < -0.3 is 4.98 Å². The van der Waals surface area contributed by atoms with Crippen LogP contribution >= 0.6 is 0 Å². The summed E-state index contributed by atoms with van der Waals surface area (Å²) in [5.74, 6) is 0. The van der Waals surface area contributed by atoms with E-state index in [4.69, 9.17) is 0 Å². The van der Waals surface area contributed by atoms with Gasteiger partial charge in [0.25, 0.3) is 0 Å². The van der Waals surface area contributed by atoms with Gasteiger partial charge in [-0.25, -0.2) is 0 Å². The smallest absolute Gasteiger partial charge is 0.0544 e. The zero-order valence-electron chi connectivity index (χ0n) is 20.0. The largest absolute Gasteiger partial charge is 0.354 e. The van der Waals surface area contributed by atoms with Gasteiger partial charge in [-0.1, -0.05) is 103 Å². The van der Waals surface area contributed by atoms with E-state index in [2.05, 4.69) is 126 Å². The molecule has 0 saturated heterocycles. The molecule has 9 rings (SSSR count). The Hall–Kier alpha value is -4.88. The standard InChI is InChI=1S/C36H21N/c1-2-13-26-24(11-1)25-12-3-4-14-30(25)36-32(26)20-33(37-36)23-18-22-10-7-16-28-27-15-5-8-21-9-6-17-29(34(21)27)31(19-23)35(22)28/h1-20,37H. The van der Waals surface area contributed by atoms with Crippen molar-refractivity contribution in [3.8, 4) is 11.3 Å². The Balaban J connectivity index is 1.44. The number of benzene rings is 8. The molecule has 0 amide bonds. The Morgan fingerprint density at radius 1 is 0.351 bits per heavy atom. The van der Waals surface area contributed by atoms with Crippen molar-refractivity contribution in [2.45, 2.75) is 0 Å². The lowest BCUT2D eigenvalue weighted by molar-refractivity contribution is 1.47. The highest BCUT2D eigenvalue weighted by Gasteiger charge is 2.16. The summed E-state index contributed by atoms with van der Waals surface area (Å²) in [5.41, 5.74) is 3.59. The van der Waals surface area contributed by atoms with Crippen LogP contribution in [0.25, 0.3) is 86.8 Å². The quantitative estimate of drug-likeness (QED) is 0.183. The maximum atomic E-state index is 3.84. The molecule has 0 aliphatic heterocycles. The molecule has 37 heavy (non-hydrogen) atoms. The van der Waals surface area contributed by atoms with Crippen LogP contribution in [0.15, 0.2) is 121 Å². The molecule has 0 aliphatic carbocycles. The third kappa shape index (κ3) is 2.48. The van der Waals surface area contributed by atoms with Gasteiger partial charge in [-0.05, 0) is 83.0 Å². The molecular formula is C36H21N. The van der Waals surface area contributed by atoms with Crippen LogP contribution in [0.1, 0.15) is 0 Å². The van der Waals surface area contributed by atoms with Crippen molar-refractivity contribution in [1.82, 2.24) is 4.98 Å². The molecule has 170 valence electrons. The molecule has 0 bridgehead atoms. The molecule has 0 spiro atoms. The van der Waals surface area contributed by atoms with Gasteiger partial charge >= 0.3 is 0 Å². The fraction of sp³-hybridized carbons (Fsp3) is 0. The molecule has 0 unspecified atom stereocenters. The highest BCUT2D eigenvalue weighted by atomic mass is 14.7. The maximum Gasteiger partial charge on any atom is 0.0544 e. The second-order valence-electron chi connectivity index (χ2n) is 10.2. The van der Waals surface area contributed by atoms with E-state index in [1.807, 2.05) is 0 Å². The van der Waals surface area contributed by atoms with E-state index in [1.54, 1.807) is 0 Å². The molecule has 8 aromatic carbocycles. The molecule has 0 aliphatic rings. The maximum absolute atomic E-state index is 3.84. The van der Waals surface area contributed by atoms with Gasteiger partial charge in [0.1, 0.15) is 0 Å². The summed E-state index contributed by atoms with van der Waals surface area (Å²) in [6, 6.07) is 44.7. The predicted octanol–water partition coefficient (Wildman–Crippen LogP) is 10.2. The van der Waals surface area contributed by atoms with Crippen molar-refractivity contribution in [2.75, 3.05) is 0 Å². The van der Waals surface area contributed by atoms with Crippen LogP contribution in [-0.2, 0) is 0 Å². The van der Waals surface area contributed by atoms with Crippen molar-refractivity contribution in [3.63, 3.8) is 0 Å². The van der Waals surface area contributed by atoms with Crippen molar-refractivity contribution in [2.24, 2.45) is 0 Å². The summed E-state index contributed by atoms with van der Waals surface area (Å²) >= 11 is 0. The number of rotatable bonds is 1. The molecule has 0 fully saturated rings. The second-order valence-corrected chi connectivity index (χ2v) is 10.2. The molecule has 1 nitrogen and oxygen atoms in total. The summed E-state index contributed by atoms with van der Waals surface area (Å²) in [6.07, 6.45) is 0. The van der Waals surface area contributed by atoms with E-state index in [-0.39, 0.29) is 0 Å². The Kier molecular flexibility index (Phi) is 3.59. The van der Waals surface area contributed by atoms with E-state index in [0.29, 0.717) is 0 Å². The van der Waals surface area contributed by atoms with Gasteiger partial charge in [-0.2, -0.15) is 0 Å². The minimum Gasteiger partial charge on any atom is -0.354 e. The summed E-state index contributed by atoms with van der Waals surface area (Å²) in [6.45, 7) is 0. The van der Waals surface area contributed by atoms with Gasteiger partial charge in [0.15, 0.2) is 0 Å². The Bertz CT molecular complexity index is 2270. The molecular weight excluding hydrogens is 446 g/mol. The molecule has 9 aromatic rings. The first-order chi connectivity index (χ1) is 18.3. The number of nitrogens with one attached hydrogen (secondary N) is 1. The third-order valence-corrected chi connectivity index (χ3v) is 8.29. The molecule has 0 radical (unpaired) electrons. The molecule has 1 N–H and O–H groups in total. The minimum absolute atomic E-state index is 1.16. The average Bonchev–Trinajstić information content (AvgIpc) is 3.42. The lowest BCUT2D eigenvalue weighted by atomic mass is 9.88. The monoisotopic (exact) mass is 467 g/mol. The molecule has 1 heteroatoms. The first kappa shape index (κ1) is 19.3. The number of H-pyrrole nitrogens is 1. The van der Waals surface area contributed by atoms with Crippen LogP contribution < -0.4 is 0 Å². The van der Waals surface area contributed by atoms with Crippen LogP contribution in [-0.4, -0.2) is 4.98 Å². The summed E-state index contributed by atoms with van der Waals surface area (Å²) in [4.78, 5) is 3.84. The molecule has 1 aromatic heterocycles. The topological polar surface area (TPSA) is 15.8 Å². The first-order valence-electron chi connectivity index (χ1n) is 12.9. The van der Waals surface area contributed by atoms with Gasteiger partial charge in [-0.3, -0.25) is 0 Å². The summed E-state index contributed by atoms with van der Waals surface area (Å²) < 4.78 is 0. The van der Waals surface area contributed by atoms with Gasteiger partial charge in [0.05, 0.1) is 5.52 Å². The van der Waals surface area contributed by atoms with E-state index in [1.165, 1.54) is 81.1 Å². The normalized spacial score (nSPS) is 12.3. The zero-order chi connectivity index (χ0) is 24.1. The number of aromatic nitrogens is 1. The van der Waals surface area contributed by atoms with Gasteiger partial charge in [-0.15, -0.1) is 0 Å². The van der Waals surface area contributed by atoms with Crippen LogP contribution in [0.4, 0.5) is 0 Å². The fourth-order valence-corrected chi connectivity index (χ4v) is 6.73. The zero-order valence-corrected chi connectivity index (χ0v) is 20.0. The van der Waals surface area contributed by atoms with Crippen LogP contribution in [0.3, 0.4) is 0 Å². The van der Waals surface area contributed by atoms with E-state index < -0.39 is 0 Å². The van der Waals surface area contributed by atoms with E-state index in [0.717, 1.165) is 5.69 Å². The number of hydrogen-bond acceptors (Lipinski definition) is 0. The Labute approximate surface area is 212 Å². The van der Waals surface area contributed by atoms with E-state index in [9.17, 15) is 0 Å². The molecule has 0 atom stereocenters. The highest BCUT2D eigenvalue weighted by molar-refractivity contribution is 6.33. The van der Waals surface area contributed by atoms with Crippen LogP contribution in [0.2, 0.25) is 0 Å². The minimum atomic E-state index is 1.16. The Morgan fingerprint density at radius 2 is 0.865 bits per heavy atom. The molecule has 1 heterocycles. The van der Waals surface area contributed by atoms with E-state index >= 15 is 0 Å². The van der Waals surface area contributed by atoms with Gasteiger partial charge in [0, 0.05) is 16.5 Å². The van der Waals surface area contributed by atoms with Crippen LogP contribution in [0, 0.1) is 0 Å². The third-order valence-electron chi connectivity index (χ3n) is 8.29. The van der Waals surface area contributed by atoms with Crippen molar-refractivity contribution >= 4 is 75.5 Å². The van der Waals surface area contributed by atoms with Crippen molar-refractivity contribution < 1.29 is 0 Å². The average molecular weight is 468 g/mol. The highest BCUT2D eigenvalue weighted by Crippen LogP contribution is 2.43. The van der Waals surface area contributed by atoms with Crippen molar-refractivity contribution in [3.05, 3.63) is 121 Å². The fourth-order valence-electron chi connectivity index (χ4n) is 6.73. The first-order valence-corrected chi connectivity index (χ1v) is 12.9. The lowest BCUT2D eigenvalue weighted by Crippen LogP contribution is -1.88. The SMILES string of the molecule is c1ccc2c(c1)c1ccccc1c1[nH]c(-c3cc4cccc5c6cccc7cccc(c(c3)c45)c76)cc21. The second kappa shape index (κ2) is 6.87. The Morgan fingerprint density at radius 3 is 1.57 bits per heavy atom. The van der Waals surface area contributed by atoms with Crippen LogP contribution in [0.5, 0.6) is 0 Å². The molecule has 0 saturated carbocycles. The van der Waals surface area contributed by atoms with Gasteiger partial charge in [0.2, 0.25) is 0 Å². The summed E-state index contributed by atoms with van der Waals surface area (Å²) in [5, 5.41) is 17.0. The summed E-state index contributed by atoms with van der Waals surface area (Å²) in [7, 11) is 0. The number of fused-ring (bicyclic) bond motifs is 8. The number of aromatic amines is 1. The predicted molar refractivity (Wildman–Crippen MR) is 160 cm³/mol. The van der Waals surface area contributed by atoms with Crippen molar-refractivity contribution in [1.29, 1.82) is 0 Å². The lowest BCUT2D eigenvalue weighted by Gasteiger charge is -2.15. The number of hydrogen-bond donors (Lipinski definition) is 1.